The number of likely N-dealkylation sites (tertiary alicyclic amines) is 2. The maximum atomic E-state index is 14.1. The summed E-state index contributed by atoms with van der Waals surface area (Å²) >= 11 is 0. The molecule has 230 valence electrons. The van der Waals surface area contributed by atoms with Gasteiger partial charge in [-0.1, -0.05) is 6.07 Å². The highest BCUT2D eigenvalue weighted by molar-refractivity contribution is 5.96. The van der Waals surface area contributed by atoms with E-state index in [1.54, 1.807) is 29.8 Å². The molecule has 1 aromatic carbocycles. The molecule has 0 aliphatic carbocycles. The second kappa shape index (κ2) is 11.1. The Balaban J connectivity index is 0.958. The smallest absolute Gasteiger partial charge is 0.254 e. The number of aromatic nitrogens is 3. The molecule has 8 rings (SSSR count). The third kappa shape index (κ3) is 4.98. The van der Waals surface area contributed by atoms with Crippen molar-refractivity contribution in [2.75, 3.05) is 57.4 Å². The number of nitrogens with zero attached hydrogens (tertiary/aromatic N) is 7. The van der Waals surface area contributed by atoms with Crippen molar-refractivity contribution in [3.05, 3.63) is 77.5 Å². The average molecular weight is 608 g/mol. The first-order valence-corrected chi connectivity index (χ1v) is 15.6. The molecule has 0 N–H and O–H groups in total. The molecule has 2 unspecified atom stereocenters. The van der Waals surface area contributed by atoms with Crippen LogP contribution in [-0.2, 0) is 4.74 Å². The second-order valence-corrected chi connectivity index (χ2v) is 12.7. The Labute approximate surface area is 260 Å². The number of halogens is 1. The SMILES string of the molecule is Cc1c(F)cccc1C(=O)N1CC2CN(c3ccc(-c4cc(OCCN5C[C@@H]6C[C@H]5CO6)cn5ncc(C#N)c45)cn3)CC2C1. The van der Waals surface area contributed by atoms with Crippen LogP contribution in [-0.4, -0.2) is 94.9 Å². The number of pyridine rings is 2. The van der Waals surface area contributed by atoms with E-state index in [-0.39, 0.29) is 11.7 Å². The van der Waals surface area contributed by atoms with Crippen LogP contribution >= 0.6 is 0 Å². The zero-order chi connectivity index (χ0) is 30.7. The predicted octanol–water partition coefficient (Wildman–Crippen LogP) is 3.78. The second-order valence-electron chi connectivity index (χ2n) is 12.7. The maximum Gasteiger partial charge on any atom is 0.254 e. The Morgan fingerprint density at radius 1 is 1.13 bits per heavy atom. The van der Waals surface area contributed by atoms with Gasteiger partial charge in [0.25, 0.3) is 5.91 Å². The van der Waals surface area contributed by atoms with Crippen molar-refractivity contribution in [3.8, 4) is 22.9 Å². The molecule has 4 atom stereocenters. The molecule has 4 aromatic rings. The van der Waals surface area contributed by atoms with Gasteiger partial charge < -0.3 is 19.3 Å². The largest absolute Gasteiger partial charge is 0.491 e. The van der Waals surface area contributed by atoms with Crippen LogP contribution in [0.25, 0.3) is 16.6 Å². The molecule has 0 radical (unpaired) electrons. The summed E-state index contributed by atoms with van der Waals surface area (Å²) in [5, 5.41) is 14.2. The summed E-state index contributed by atoms with van der Waals surface area (Å²) < 4.78 is 27.7. The van der Waals surface area contributed by atoms with Gasteiger partial charge in [-0.05, 0) is 49.2 Å². The number of nitriles is 1. The number of hydrogen-bond donors (Lipinski definition) is 0. The van der Waals surface area contributed by atoms with Crippen molar-refractivity contribution in [2.45, 2.75) is 25.5 Å². The molecule has 0 spiro atoms. The van der Waals surface area contributed by atoms with Crippen molar-refractivity contribution in [1.82, 2.24) is 24.4 Å². The Morgan fingerprint density at radius 2 is 1.98 bits per heavy atom. The van der Waals surface area contributed by atoms with E-state index in [1.807, 2.05) is 35.5 Å². The molecule has 4 saturated heterocycles. The zero-order valence-corrected chi connectivity index (χ0v) is 25.1. The molecular weight excluding hydrogens is 573 g/mol. The van der Waals surface area contributed by atoms with Gasteiger partial charge >= 0.3 is 0 Å². The molecule has 10 nitrogen and oxygen atoms in total. The number of benzene rings is 1. The van der Waals surface area contributed by atoms with E-state index in [4.69, 9.17) is 14.5 Å². The number of hydrogen-bond acceptors (Lipinski definition) is 8. The van der Waals surface area contributed by atoms with Crippen LogP contribution in [0.2, 0.25) is 0 Å². The lowest BCUT2D eigenvalue weighted by Gasteiger charge is -2.26. The van der Waals surface area contributed by atoms with Crippen LogP contribution in [0.4, 0.5) is 10.2 Å². The van der Waals surface area contributed by atoms with Gasteiger partial charge in [-0.3, -0.25) is 9.69 Å². The number of morpholine rings is 1. The lowest BCUT2D eigenvalue weighted by atomic mass is 10.0. The maximum absolute atomic E-state index is 14.1. The molecule has 2 bridgehead atoms. The van der Waals surface area contributed by atoms with Crippen molar-refractivity contribution in [1.29, 1.82) is 5.26 Å². The third-order valence-electron chi connectivity index (χ3n) is 10.0. The topological polar surface area (TPSA) is 99.2 Å². The van der Waals surface area contributed by atoms with E-state index in [2.05, 4.69) is 21.0 Å². The fourth-order valence-corrected chi connectivity index (χ4v) is 7.60. The van der Waals surface area contributed by atoms with Gasteiger partial charge in [0, 0.05) is 80.0 Å². The van der Waals surface area contributed by atoms with Crippen LogP contribution in [0.3, 0.4) is 0 Å². The first kappa shape index (κ1) is 28.0. The normalized spacial score (nSPS) is 24.0. The summed E-state index contributed by atoms with van der Waals surface area (Å²) in [6.45, 7) is 7.75. The van der Waals surface area contributed by atoms with Crippen molar-refractivity contribution in [3.63, 3.8) is 0 Å². The predicted molar refractivity (Wildman–Crippen MR) is 165 cm³/mol. The van der Waals surface area contributed by atoms with Crippen LogP contribution < -0.4 is 9.64 Å². The average Bonchev–Trinajstić information content (AvgIpc) is 3.88. The van der Waals surface area contributed by atoms with Crippen LogP contribution in [0.5, 0.6) is 5.75 Å². The van der Waals surface area contributed by atoms with Crippen LogP contribution in [0.15, 0.2) is 55.0 Å². The van der Waals surface area contributed by atoms with Crippen LogP contribution in [0.1, 0.15) is 27.9 Å². The Hall–Kier alpha value is -4.53. The van der Waals surface area contributed by atoms with E-state index in [0.29, 0.717) is 66.1 Å². The highest BCUT2D eigenvalue weighted by atomic mass is 19.1. The number of amides is 1. The standard InChI is InChI=1S/C34H34FN7O3/c1-21-29(3-2-4-31(21)35)34(43)41-16-24-14-40(15-25(24)17-41)32-6-5-22(12-37-32)30-10-28(19-42-33(30)23(11-36)13-38-42)44-8-7-39-18-27-9-26(39)20-45-27/h2-6,10,12-13,19,24-27H,7-9,14-18,20H2,1H3/t24?,25?,26-,27-/m0/s1. The monoisotopic (exact) mass is 607 g/mol. The first-order valence-electron chi connectivity index (χ1n) is 15.6. The highest BCUT2D eigenvalue weighted by Crippen LogP contribution is 2.36. The number of anilines is 1. The Bertz CT molecular complexity index is 1810. The summed E-state index contributed by atoms with van der Waals surface area (Å²) in [6.07, 6.45) is 6.72. The number of carbonyl (C=O) groups excluding carboxylic acids is 1. The van der Waals surface area contributed by atoms with Crippen molar-refractivity contribution in [2.24, 2.45) is 11.8 Å². The molecule has 4 aliphatic rings. The van der Waals surface area contributed by atoms with E-state index in [0.717, 1.165) is 61.7 Å². The Morgan fingerprint density at radius 3 is 2.69 bits per heavy atom. The van der Waals surface area contributed by atoms with E-state index in [1.165, 1.54) is 6.07 Å². The summed E-state index contributed by atoms with van der Waals surface area (Å²) in [5.74, 6) is 1.81. The van der Waals surface area contributed by atoms with Crippen molar-refractivity contribution >= 4 is 17.2 Å². The summed E-state index contributed by atoms with van der Waals surface area (Å²) in [6, 6.07) is 13.5. The highest BCUT2D eigenvalue weighted by Gasteiger charge is 2.42. The van der Waals surface area contributed by atoms with Gasteiger partial charge in [0.15, 0.2) is 0 Å². The number of fused-ring (bicyclic) bond motifs is 4. The van der Waals surface area contributed by atoms with E-state index < -0.39 is 0 Å². The molecule has 1 amide bonds. The van der Waals surface area contributed by atoms with E-state index in [9.17, 15) is 14.4 Å². The minimum atomic E-state index is -0.349. The third-order valence-corrected chi connectivity index (χ3v) is 10.0. The lowest BCUT2D eigenvalue weighted by molar-refractivity contribution is 0.0258. The fraction of sp³-hybridized carbons (Fsp3) is 0.412. The molecule has 0 saturated carbocycles. The number of carbonyl (C=O) groups is 1. The molecule has 3 aromatic heterocycles. The van der Waals surface area contributed by atoms with Gasteiger partial charge in [0.1, 0.15) is 30.1 Å². The molecular formula is C34H34FN7O3. The quantitative estimate of drug-likeness (QED) is 0.313. The van der Waals surface area contributed by atoms with E-state index >= 15 is 0 Å². The fourth-order valence-electron chi connectivity index (χ4n) is 7.60. The summed E-state index contributed by atoms with van der Waals surface area (Å²) in [4.78, 5) is 24.6. The van der Waals surface area contributed by atoms with Gasteiger partial charge in [-0.15, -0.1) is 0 Å². The molecule has 4 fully saturated rings. The summed E-state index contributed by atoms with van der Waals surface area (Å²) in [5.41, 5.74) is 3.79. The van der Waals surface area contributed by atoms with Gasteiger partial charge in [-0.25, -0.2) is 13.9 Å². The minimum absolute atomic E-state index is 0.0952. The van der Waals surface area contributed by atoms with Crippen molar-refractivity contribution < 1.29 is 18.7 Å². The van der Waals surface area contributed by atoms with Gasteiger partial charge in [0.2, 0.25) is 0 Å². The molecule has 4 aliphatic heterocycles. The lowest BCUT2D eigenvalue weighted by Crippen LogP contribution is -2.39. The molecule has 45 heavy (non-hydrogen) atoms. The molecule has 7 heterocycles. The van der Waals surface area contributed by atoms with Gasteiger partial charge in [0.05, 0.1) is 36.2 Å². The number of rotatable bonds is 7. The first-order chi connectivity index (χ1) is 21.9. The summed E-state index contributed by atoms with van der Waals surface area (Å²) in [7, 11) is 0. The Kier molecular flexibility index (Phi) is 6.92. The zero-order valence-electron chi connectivity index (χ0n) is 25.1. The number of ether oxygens (including phenoxy) is 2. The molecule has 11 heteroatoms. The van der Waals surface area contributed by atoms with Gasteiger partial charge in [-0.2, -0.15) is 10.4 Å². The minimum Gasteiger partial charge on any atom is -0.491 e. The van der Waals surface area contributed by atoms with Crippen LogP contribution in [0, 0.1) is 35.9 Å².